The molecule has 30 heavy (non-hydrogen) atoms. The van der Waals surface area contributed by atoms with Crippen LogP contribution in [0.1, 0.15) is 44.4 Å². The molecule has 7 heteroatoms. The summed E-state index contributed by atoms with van der Waals surface area (Å²) < 4.78 is 11.4. The summed E-state index contributed by atoms with van der Waals surface area (Å²) in [4.78, 5) is 8.96. The second kappa shape index (κ2) is 16.9. The highest BCUT2D eigenvalue weighted by Gasteiger charge is 2.01. The molecule has 1 heterocycles. The van der Waals surface area contributed by atoms with Crippen molar-refractivity contribution in [2.45, 2.75) is 46.3 Å². The molecule has 2 rings (SSSR count). The summed E-state index contributed by atoms with van der Waals surface area (Å²) in [6, 6.07) is 13.9. The van der Waals surface area contributed by atoms with E-state index in [2.05, 4.69) is 40.5 Å². The van der Waals surface area contributed by atoms with Crippen molar-refractivity contribution in [3.8, 4) is 5.75 Å². The quantitative estimate of drug-likeness (QED) is 0.174. The normalized spacial score (nSPS) is 10.9. The van der Waals surface area contributed by atoms with E-state index >= 15 is 0 Å². The molecule has 0 aliphatic rings. The molecule has 6 nitrogen and oxygen atoms in total. The molecule has 0 spiro atoms. The Morgan fingerprint density at radius 1 is 1.03 bits per heavy atom. The maximum atomic E-state index is 5.85. The number of guanidine groups is 1. The fourth-order valence-electron chi connectivity index (χ4n) is 2.62. The molecule has 2 N–H and O–H groups in total. The van der Waals surface area contributed by atoms with Crippen LogP contribution < -0.4 is 15.4 Å². The van der Waals surface area contributed by atoms with E-state index in [-0.39, 0.29) is 24.0 Å². The topological polar surface area (TPSA) is 67.8 Å². The van der Waals surface area contributed by atoms with Gasteiger partial charge in [0.1, 0.15) is 12.4 Å². The molecule has 0 saturated heterocycles. The van der Waals surface area contributed by atoms with Gasteiger partial charge in [0.05, 0.1) is 12.2 Å². The lowest BCUT2D eigenvalue weighted by molar-refractivity contribution is 0.129. The summed E-state index contributed by atoms with van der Waals surface area (Å²) in [6.45, 7) is 8.58. The first-order chi connectivity index (χ1) is 14.3. The number of unbranched alkanes of at least 4 members (excludes halogenated alkanes) is 1. The Bertz CT molecular complexity index is 713. The summed E-state index contributed by atoms with van der Waals surface area (Å²) in [5.41, 5.74) is 2.01. The van der Waals surface area contributed by atoms with Gasteiger partial charge in [-0.3, -0.25) is 4.98 Å². The van der Waals surface area contributed by atoms with Crippen LogP contribution in [0.3, 0.4) is 0 Å². The van der Waals surface area contributed by atoms with E-state index in [4.69, 9.17) is 9.47 Å². The van der Waals surface area contributed by atoms with Crippen LogP contribution >= 0.6 is 24.0 Å². The summed E-state index contributed by atoms with van der Waals surface area (Å²) in [6.07, 6.45) is 5.04. The third kappa shape index (κ3) is 11.3. The third-order valence-corrected chi connectivity index (χ3v) is 4.18. The summed E-state index contributed by atoms with van der Waals surface area (Å²) in [5, 5.41) is 6.65. The molecule has 1 aromatic carbocycles. The number of aliphatic imine (C=N–C) groups is 1. The Labute approximate surface area is 197 Å². The van der Waals surface area contributed by atoms with Gasteiger partial charge in [0.2, 0.25) is 0 Å². The molecule has 0 saturated carbocycles. The number of aromatic nitrogens is 1. The monoisotopic (exact) mass is 526 g/mol. The molecule has 0 aliphatic carbocycles. The van der Waals surface area contributed by atoms with Crippen LogP contribution in [-0.4, -0.2) is 37.2 Å². The van der Waals surface area contributed by atoms with Crippen molar-refractivity contribution in [2.24, 2.45) is 4.99 Å². The van der Waals surface area contributed by atoms with Crippen LogP contribution in [0, 0.1) is 0 Å². The van der Waals surface area contributed by atoms with Crippen LogP contribution in [-0.2, 0) is 17.9 Å². The molecular formula is C23H35IN4O2. The number of benzene rings is 1. The number of hydrogen-bond donors (Lipinski definition) is 2. The zero-order chi connectivity index (χ0) is 20.6. The van der Waals surface area contributed by atoms with Crippen molar-refractivity contribution < 1.29 is 9.47 Å². The van der Waals surface area contributed by atoms with E-state index in [1.807, 2.05) is 36.4 Å². The Morgan fingerprint density at radius 3 is 2.67 bits per heavy atom. The molecule has 0 amide bonds. The van der Waals surface area contributed by atoms with E-state index in [9.17, 15) is 0 Å². The zero-order valence-corrected chi connectivity index (χ0v) is 20.4. The van der Waals surface area contributed by atoms with Crippen molar-refractivity contribution in [2.75, 3.05) is 26.3 Å². The van der Waals surface area contributed by atoms with Crippen molar-refractivity contribution in [3.63, 3.8) is 0 Å². The van der Waals surface area contributed by atoms with Gasteiger partial charge in [-0.1, -0.05) is 31.5 Å². The van der Waals surface area contributed by atoms with E-state index < -0.39 is 0 Å². The minimum Gasteiger partial charge on any atom is -0.487 e. The van der Waals surface area contributed by atoms with Gasteiger partial charge in [0.25, 0.3) is 0 Å². The molecule has 1 aromatic heterocycles. The number of nitrogens with one attached hydrogen (secondary N) is 2. The van der Waals surface area contributed by atoms with Gasteiger partial charge in [0.15, 0.2) is 5.96 Å². The molecule has 166 valence electrons. The minimum absolute atomic E-state index is 0. The molecule has 0 fully saturated rings. The number of pyridine rings is 1. The van der Waals surface area contributed by atoms with Gasteiger partial charge in [-0.15, -0.1) is 24.0 Å². The Morgan fingerprint density at radius 2 is 1.90 bits per heavy atom. The van der Waals surface area contributed by atoms with Crippen molar-refractivity contribution in [1.82, 2.24) is 15.6 Å². The van der Waals surface area contributed by atoms with Gasteiger partial charge in [0, 0.05) is 32.5 Å². The van der Waals surface area contributed by atoms with Crippen molar-refractivity contribution in [3.05, 3.63) is 59.9 Å². The van der Waals surface area contributed by atoms with Crippen LogP contribution in [0.5, 0.6) is 5.75 Å². The number of nitrogens with zero attached hydrogens (tertiary/aromatic N) is 2. The molecule has 0 aliphatic heterocycles. The predicted octanol–water partition coefficient (Wildman–Crippen LogP) is 4.54. The lowest BCUT2D eigenvalue weighted by atomic mass is 10.2. The Balaban J connectivity index is 0.00000450. The first-order valence-corrected chi connectivity index (χ1v) is 10.5. The predicted molar refractivity (Wildman–Crippen MR) is 134 cm³/mol. The van der Waals surface area contributed by atoms with Crippen molar-refractivity contribution in [1.29, 1.82) is 0 Å². The summed E-state index contributed by atoms with van der Waals surface area (Å²) >= 11 is 0. The highest BCUT2D eigenvalue weighted by atomic mass is 127. The third-order valence-electron chi connectivity index (χ3n) is 4.18. The summed E-state index contributed by atoms with van der Waals surface area (Å²) in [5.74, 6) is 1.64. The number of ether oxygens (including phenoxy) is 2. The highest BCUT2D eigenvalue weighted by Crippen LogP contribution is 2.15. The zero-order valence-electron chi connectivity index (χ0n) is 18.1. The van der Waals surface area contributed by atoms with E-state index in [0.29, 0.717) is 13.2 Å². The Kier molecular flexibility index (Phi) is 14.7. The maximum Gasteiger partial charge on any atom is 0.191 e. The fraction of sp³-hybridized carbons (Fsp3) is 0.478. The largest absolute Gasteiger partial charge is 0.487 e. The molecule has 0 bridgehead atoms. The standard InChI is InChI=1S/C23H34N4O2.HI/c1-3-5-15-28-16-9-14-26-23(24-4-2)27-18-20-10-8-12-22(17-20)29-19-21-11-6-7-13-25-21;/h6-8,10-13,17H,3-5,9,14-16,18-19H2,1-2H3,(H2,24,26,27);1H. The van der Waals surface area contributed by atoms with Gasteiger partial charge >= 0.3 is 0 Å². The average molecular weight is 526 g/mol. The summed E-state index contributed by atoms with van der Waals surface area (Å²) in [7, 11) is 0. The van der Waals surface area contributed by atoms with Gasteiger partial charge < -0.3 is 20.1 Å². The first-order valence-electron chi connectivity index (χ1n) is 10.5. The van der Waals surface area contributed by atoms with Crippen LogP contribution in [0.25, 0.3) is 0 Å². The molecule has 0 radical (unpaired) electrons. The van der Waals surface area contributed by atoms with E-state index in [1.54, 1.807) is 6.20 Å². The fourth-order valence-corrected chi connectivity index (χ4v) is 2.62. The molecular weight excluding hydrogens is 491 g/mol. The SMILES string of the molecule is CCCCOCCCNC(=NCc1cccc(OCc2ccccn2)c1)NCC.I. The maximum absolute atomic E-state index is 5.85. The number of rotatable bonds is 13. The van der Waals surface area contributed by atoms with E-state index in [1.165, 1.54) is 6.42 Å². The average Bonchev–Trinajstić information content (AvgIpc) is 2.76. The first kappa shape index (κ1) is 26.2. The lowest BCUT2D eigenvalue weighted by Crippen LogP contribution is -2.38. The lowest BCUT2D eigenvalue weighted by Gasteiger charge is -2.12. The smallest absolute Gasteiger partial charge is 0.191 e. The number of halogens is 1. The number of hydrogen-bond acceptors (Lipinski definition) is 4. The van der Waals surface area contributed by atoms with Crippen LogP contribution in [0.15, 0.2) is 53.7 Å². The second-order valence-corrected chi connectivity index (χ2v) is 6.70. The second-order valence-electron chi connectivity index (χ2n) is 6.70. The van der Waals surface area contributed by atoms with Gasteiger partial charge in [-0.2, -0.15) is 0 Å². The van der Waals surface area contributed by atoms with Gasteiger partial charge in [-0.25, -0.2) is 4.99 Å². The van der Waals surface area contributed by atoms with Crippen molar-refractivity contribution >= 4 is 29.9 Å². The molecule has 2 aromatic rings. The van der Waals surface area contributed by atoms with Crippen LogP contribution in [0.2, 0.25) is 0 Å². The molecule has 0 atom stereocenters. The minimum atomic E-state index is 0. The highest BCUT2D eigenvalue weighted by molar-refractivity contribution is 14.0. The molecule has 0 unspecified atom stereocenters. The van der Waals surface area contributed by atoms with Crippen LogP contribution in [0.4, 0.5) is 0 Å². The van der Waals surface area contributed by atoms with E-state index in [0.717, 1.165) is 62.1 Å². The van der Waals surface area contributed by atoms with Gasteiger partial charge in [-0.05, 0) is 49.6 Å². The Hall–Kier alpha value is -1.87.